The minimum absolute atomic E-state index is 0. The van der Waals surface area contributed by atoms with Crippen LogP contribution >= 0.6 is 0 Å². The van der Waals surface area contributed by atoms with Gasteiger partial charge in [-0.1, -0.05) is 18.2 Å². The molecule has 0 aliphatic heterocycles. The summed E-state index contributed by atoms with van der Waals surface area (Å²) in [5.74, 6) is -0.345. The second-order valence-corrected chi connectivity index (χ2v) is 4.38. The number of rotatable bonds is 3. The summed E-state index contributed by atoms with van der Waals surface area (Å²) < 4.78 is 2.03. The molecule has 3 rings (SSSR count). The van der Waals surface area contributed by atoms with Crippen LogP contribution in [0.25, 0.3) is 22.6 Å². The molecule has 2 heterocycles. The van der Waals surface area contributed by atoms with Gasteiger partial charge in [-0.15, -0.1) is 0 Å². The summed E-state index contributed by atoms with van der Waals surface area (Å²) in [5, 5.41) is 9.03. The van der Waals surface area contributed by atoms with Crippen molar-refractivity contribution >= 4 is 17.0 Å². The minimum atomic E-state index is -1.04. The van der Waals surface area contributed by atoms with Crippen molar-refractivity contribution in [1.82, 2.24) is 14.5 Å². The maximum atomic E-state index is 11.0. The van der Waals surface area contributed by atoms with Gasteiger partial charge >= 0.3 is 44.6 Å². The second-order valence-electron chi connectivity index (χ2n) is 4.38. The number of fused-ring (bicyclic) bond motifs is 1. The first-order valence-electron chi connectivity index (χ1n) is 6.36. The number of benzene rings is 1. The summed E-state index contributed by atoms with van der Waals surface area (Å²) in [7, 11) is 0. The first kappa shape index (κ1) is 16.0. The number of aromatic carboxylic acids is 1. The van der Waals surface area contributed by atoms with Crippen molar-refractivity contribution in [2.45, 2.75) is 13.5 Å². The number of aromatic nitrogens is 3. The Balaban J connectivity index is 0.00000161. The van der Waals surface area contributed by atoms with Crippen LogP contribution in [0.15, 0.2) is 42.5 Å². The normalized spacial score (nSPS) is 10.3. The van der Waals surface area contributed by atoms with Crippen molar-refractivity contribution in [2.24, 2.45) is 0 Å². The third-order valence-electron chi connectivity index (χ3n) is 3.17. The van der Waals surface area contributed by atoms with E-state index in [2.05, 4.69) is 9.97 Å². The minimum Gasteiger partial charge on any atom is -0.477 e. The van der Waals surface area contributed by atoms with E-state index in [1.165, 1.54) is 6.07 Å². The SMILES string of the molecule is CCn1c(-c2cccc(C(=O)O)n2)nc2ccccc21.[Tb+3]. The molecule has 0 aliphatic carbocycles. The van der Waals surface area contributed by atoms with E-state index < -0.39 is 5.97 Å². The van der Waals surface area contributed by atoms with Gasteiger partial charge in [-0.3, -0.25) is 0 Å². The predicted molar refractivity (Wildman–Crippen MR) is 75.6 cm³/mol. The summed E-state index contributed by atoms with van der Waals surface area (Å²) >= 11 is 0. The van der Waals surface area contributed by atoms with Crippen LogP contribution in [0.2, 0.25) is 0 Å². The van der Waals surface area contributed by atoms with Crippen molar-refractivity contribution in [3.8, 4) is 11.5 Å². The van der Waals surface area contributed by atoms with Crippen LogP contribution in [0.5, 0.6) is 0 Å². The summed E-state index contributed by atoms with van der Waals surface area (Å²) in [4.78, 5) is 19.7. The summed E-state index contributed by atoms with van der Waals surface area (Å²) in [6.45, 7) is 2.77. The van der Waals surface area contributed by atoms with E-state index in [9.17, 15) is 4.79 Å². The summed E-state index contributed by atoms with van der Waals surface area (Å²) in [6, 6.07) is 12.8. The predicted octanol–water partition coefficient (Wildman–Crippen LogP) is 2.82. The van der Waals surface area contributed by atoms with Crippen molar-refractivity contribution < 1.29 is 48.5 Å². The third kappa shape index (κ3) is 2.96. The maximum absolute atomic E-state index is 11.0. The zero-order chi connectivity index (χ0) is 14.1. The fourth-order valence-electron chi connectivity index (χ4n) is 2.27. The molecule has 0 atom stereocenters. The molecule has 0 unspecified atom stereocenters. The first-order chi connectivity index (χ1) is 9.70. The van der Waals surface area contributed by atoms with E-state index in [1.54, 1.807) is 12.1 Å². The van der Waals surface area contributed by atoms with Gasteiger partial charge in [0.2, 0.25) is 0 Å². The van der Waals surface area contributed by atoms with Crippen LogP contribution in [0, 0.1) is 38.6 Å². The quantitative estimate of drug-likeness (QED) is 0.700. The van der Waals surface area contributed by atoms with E-state index in [4.69, 9.17) is 5.11 Å². The average Bonchev–Trinajstić information content (AvgIpc) is 2.86. The Bertz CT molecular complexity index is 798. The fraction of sp³-hybridized carbons (Fsp3) is 0.133. The average molecular weight is 426 g/mol. The second kappa shape index (κ2) is 6.57. The van der Waals surface area contributed by atoms with Crippen LogP contribution in [0.1, 0.15) is 17.4 Å². The van der Waals surface area contributed by atoms with Gasteiger partial charge in [-0.2, -0.15) is 0 Å². The molecule has 0 radical (unpaired) electrons. The van der Waals surface area contributed by atoms with Gasteiger partial charge in [0.1, 0.15) is 11.4 Å². The number of carboxylic acids is 1. The molecule has 1 N–H and O–H groups in total. The molecule has 0 spiro atoms. The molecular weight excluding hydrogens is 413 g/mol. The molecule has 1 aromatic carbocycles. The molecule has 5 nitrogen and oxygen atoms in total. The van der Waals surface area contributed by atoms with Crippen molar-refractivity contribution in [3.05, 3.63) is 48.2 Å². The fourth-order valence-corrected chi connectivity index (χ4v) is 2.27. The Morgan fingerprint density at radius 2 is 1.90 bits per heavy atom. The molecule has 0 amide bonds. The van der Waals surface area contributed by atoms with E-state index in [1.807, 2.05) is 35.8 Å². The molecule has 0 aliphatic rings. The molecule has 0 fully saturated rings. The van der Waals surface area contributed by atoms with Crippen LogP contribution in [-0.4, -0.2) is 25.6 Å². The molecule has 2 aromatic heterocycles. The van der Waals surface area contributed by atoms with Gasteiger partial charge in [0, 0.05) is 6.54 Å². The Hall–Kier alpha value is -1.40. The van der Waals surface area contributed by atoms with Crippen LogP contribution in [-0.2, 0) is 6.54 Å². The van der Waals surface area contributed by atoms with Crippen LogP contribution < -0.4 is 0 Å². The topological polar surface area (TPSA) is 68.0 Å². The number of aryl methyl sites for hydroxylation is 1. The van der Waals surface area contributed by atoms with Crippen LogP contribution in [0.3, 0.4) is 0 Å². The molecule has 21 heavy (non-hydrogen) atoms. The maximum Gasteiger partial charge on any atom is 3.00 e. The van der Waals surface area contributed by atoms with E-state index in [-0.39, 0.29) is 44.3 Å². The zero-order valence-corrected chi connectivity index (χ0v) is 13.4. The molecule has 3 aromatic rings. The monoisotopic (exact) mass is 426 g/mol. The number of nitrogens with zero attached hydrogens (tertiary/aromatic N) is 3. The summed E-state index contributed by atoms with van der Waals surface area (Å²) in [6.07, 6.45) is 0. The largest absolute Gasteiger partial charge is 3.00 e. The number of carboxylic acid groups (broad SMARTS) is 1. The molecular formula is C15H13N3O2Tb+3. The standard InChI is InChI=1S/C15H13N3O2.Tb/c1-2-18-13-9-4-3-6-10(13)17-14(18)11-7-5-8-12(16-11)15(19)20;/h3-9H,2H2,1H3,(H,19,20);/q;+3. The number of pyridine rings is 1. The third-order valence-corrected chi connectivity index (χ3v) is 3.17. The number of imidazole rings is 1. The number of carbonyl (C=O) groups is 1. The Kier molecular flexibility index (Phi) is 5.00. The molecule has 0 saturated carbocycles. The van der Waals surface area contributed by atoms with Gasteiger partial charge < -0.3 is 9.67 Å². The van der Waals surface area contributed by atoms with E-state index in [0.29, 0.717) is 11.5 Å². The van der Waals surface area contributed by atoms with Crippen LogP contribution in [0.4, 0.5) is 0 Å². The number of hydrogen-bond acceptors (Lipinski definition) is 3. The smallest absolute Gasteiger partial charge is 0.477 e. The van der Waals surface area contributed by atoms with Crippen molar-refractivity contribution in [3.63, 3.8) is 0 Å². The molecule has 0 saturated heterocycles. The molecule has 6 heteroatoms. The van der Waals surface area contributed by atoms with E-state index in [0.717, 1.165) is 17.6 Å². The molecule has 0 bridgehead atoms. The van der Waals surface area contributed by atoms with Gasteiger partial charge in [0.05, 0.1) is 11.0 Å². The van der Waals surface area contributed by atoms with Crippen molar-refractivity contribution in [1.29, 1.82) is 0 Å². The number of hydrogen-bond donors (Lipinski definition) is 1. The first-order valence-corrected chi connectivity index (χ1v) is 6.36. The van der Waals surface area contributed by atoms with Gasteiger partial charge in [0.25, 0.3) is 0 Å². The Morgan fingerprint density at radius 3 is 2.62 bits per heavy atom. The zero-order valence-electron chi connectivity index (χ0n) is 11.3. The van der Waals surface area contributed by atoms with Gasteiger partial charge in [-0.05, 0) is 31.2 Å². The van der Waals surface area contributed by atoms with Gasteiger partial charge in [-0.25, -0.2) is 14.8 Å². The number of para-hydroxylation sites is 2. The molecule has 106 valence electrons. The summed E-state index contributed by atoms with van der Waals surface area (Å²) in [5.41, 5.74) is 2.50. The Morgan fingerprint density at radius 1 is 1.14 bits per heavy atom. The van der Waals surface area contributed by atoms with Crippen molar-refractivity contribution in [2.75, 3.05) is 0 Å². The van der Waals surface area contributed by atoms with Gasteiger partial charge in [0.15, 0.2) is 5.82 Å². The Labute approximate surface area is 152 Å². The van der Waals surface area contributed by atoms with E-state index >= 15 is 0 Å².